The Kier molecular flexibility index (Phi) is 4.51. The molecule has 0 spiro atoms. The highest BCUT2D eigenvalue weighted by molar-refractivity contribution is 5.57. The number of hydrogen-bond donors (Lipinski definition) is 1. The highest BCUT2D eigenvalue weighted by Gasteiger charge is 2.19. The summed E-state index contributed by atoms with van der Waals surface area (Å²) in [6.45, 7) is 2.16. The number of rotatable bonds is 5. The minimum absolute atomic E-state index is 0.0344. The molecule has 1 N–H and O–H groups in total. The highest BCUT2D eigenvalue weighted by atomic mass is 16.6. The molecule has 0 aliphatic carbocycles. The quantitative estimate of drug-likeness (QED) is 0.647. The molecule has 0 bridgehead atoms. The fraction of sp³-hybridized carbons (Fsp3) is 0.583. The fourth-order valence-corrected chi connectivity index (χ4v) is 2.02. The zero-order valence-corrected chi connectivity index (χ0v) is 10.8. The van der Waals surface area contributed by atoms with Gasteiger partial charge in [-0.3, -0.25) is 10.1 Å². The molecule has 2 rings (SSSR count). The van der Waals surface area contributed by atoms with Crippen LogP contribution in [0.3, 0.4) is 0 Å². The lowest BCUT2D eigenvalue weighted by molar-refractivity contribution is -0.384. The lowest BCUT2D eigenvalue weighted by Gasteiger charge is -2.22. The third-order valence-corrected chi connectivity index (χ3v) is 3.15. The number of nitrogens with one attached hydrogen (secondary N) is 1. The molecule has 1 aliphatic rings. The Morgan fingerprint density at radius 1 is 1.53 bits per heavy atom. The number of pyridine rings is 1. The predicted molar refractivity (Wildman–Crippen MR) is 69.5 cm³/mol. The zero-order chi connectivity index (χ0) is 13.7. The van der Waals surface area contributed by atoms with Crippen molar-refractivity contribution in [3.05, 3.63) is 22.2 Å². The van der Waals surface area contributed by atoms with Crippen molar-refractivity contribution in [3.8, 4) is 5.88 Å². The molecule has 104 valence electrons. The Labute approximate surface area is 111 Å². The van der Waals surface area contributed by atoms with E-state index in [0.29, 0.717) is 18.3 Å². The Balaban J connectivity index is 2.06. The van der Waals surface area contributed by atoms with Crippen LogP contribution in [-0.2, 0) is 4.74 Å². The molecule has 1 saturated heterocycles. The van der Waals surface area contributed by atoms with E-state index in [-0.39, 0.29) is 11.5 Å². The van der Waals surface area contributed by atoms with Gasteiger partial charge in [-0.15, -0.1) is 0 Å². The zero-order valence-electron chi connectivity index (χ0n) is 10.8. The van der Waals surface area contributed by atoms with Crippen molar-refractivity contribution < 1.29 is 14.4 Å². The molecule has 0 unspecified atom stereocenters. The Morgan fingerprint density at radius 2 is 2.26 bits per heavy atom. The highest BCUT2D eigenvalue weighted by Crippen LogP contribution is 2.25. The van der Waals surface area contributed by atoms with Gasteiger partial charge in [0.2, 0.25) is 11.7 Å². The molecule has 0 saturated carbocycles. The number of nitro groups is 1. The SMILES string of the molecule is COc1ccc([N+](=O)[O-])c(NCC2CCOCC2)n1. The van der Waals surface area contributed by atoms with Crippen molar-refractivity contribution in [1.29, 1.82) is 0 Å². The first-order valence-electron chi connectivity index (χ1n) is 6.21. The van der Waals surface area contributed by atoms with Crippen LogP contribution in [0.5, 0.6) is 5.88 Å². The molecule has 2 heterocycles. The largest absolute Gasteiger partial charge is 0.481 e. The molecule has 1 aromatic heterocycles. The third-order valence-electron chi connectivity index (χ3n) is 3.15. The van der Waals surface area contributed by atoms with E-state index in [1.54, 1.807) is 0 Å². The van der Waals surface area contributed by atoms with Crippen LogP contribution >= 0.6 is 0 Å². The van der Waals surface area contributed by atoms with E-state index in [9.17, 15) is 10.1 Å². The normalized spacial score (nSPS) is 16.1. The maximum Gasteiger partial charge on any atom is 0.311 e. The summed E-state index contributed by atoms with van der Waals surface area (Å²) in [4.78, 5) is 14.6. The van der Waals surface area contributed by atoms with Crippen LogP contribution in [0.15, 0.2) is 12.1 Å². The first-order valence-corrected chi connectivity index (χ1v) is 6.21. The first kappa shape index (κ1) is 13.5. The van der Waals surface area contributed by atoms with E-state index in [4.69, 9.17) is 9.47 Å². The van der Waals surface area contributed by atoms with Crippen LogP contribution in [0, 0.1) is 16.0 Å². The van der Waals surface area contributed by atoms with Crippen LogP contribution in [0.2, 0.25) is 0 Å². The Morgan fingerprint density at radius 3 is 2.89 bits per heavy atom. The molecule has 19 heavy (non-hydrogen) atoms. The minimum atomic E-state index is -0.446. The van der Waals surface area contributed by atoms with Crippen molar-refractivity contribution in [2.24, 2.45) is 5.92 Å². The van der Waals surface area contributed by atoms with Gasteiger partial charge >= 0.3 is 5.69 Å². The molecule has 7 nitrogen and oxygen atoms in total. The van der Waals surface area contributed by atoms with Crippen molar-refractivity contribution >= 4 is 11.5 Å². The maximum absolute atomic E-state index is 10.9. The van der Waals surface area contributed by atoms with Gasteiger partial charge in [-0.2, -0.15) is 4.98 Å². The standard InChI is InChI=1S/C12H17N3O4/c1-18-11-3-2-10(15(16)17)12(14-11)13-8-9-4-6-19-7-5-9/h2-3,9H,4-8H2,1H3,(H,13,14). The Hall–Kier alpha value is -1.89. The summed E-state index contributed by atoms with van der Waals surface area (Å²) >= 11 is 0. The van der Waals surface area contributed by atoms with Crippen LogP contribution < -0.4 is 10.1 Å². The molecule has 0 radical (unpaired) electrons. The molecule has 1 aromatic rings. The van der Waals surface area contributed by atoms with Gasteiger partial charge in [0.15, 0.2) is 0 Å². The summed E-state index contributed by atoms with van der Waals surface area (Å²) in [6, 6.07) is 2.88. The molecular weight excluding hydrogens is 250 g/mol. The summed E-state index contributed by atoms with van der Waals surface area (Å²) in [7, 11) is 1.48. The van der Waals surface area contributed by atoms with Crippen molar-refractivity contribution in [2.75, 3.05) is 32.2 Å². The second-order valence-electron chi connectivity index (χ2n) is 4.42. The molecular formula is C12H17N3O4. The molecule has 0 atom stereocenters. The molecule has 1 fully saturated rings. The van der Waals surface area contributed by atoms with E-state index in [2.05, 4.69) is 10.3 Å². The van der Waals surface area contributed by atoms with E-state index in [0.717, 1.165) is 26.1 Å². The second-order valence-corrected chi connectivity index (χ2v) is 4.42. The summed E-state index contributed by atoms with van der Waals surface area (Å²) in [5.41, 5.74) is -0.0344. The number of aromatic nitrogens is 1. The van der Waals surface area contributed by atoms with Gasteiger partial charge in [-0.25, -0.2) is 0 Å². The first-order chi connectivity index (χ1) is 9.20. The topological polar surface area (TPSA) is 86.5 Å². The average molecular weight is 267 g/mol. The smallest absolute Gasteiger partial charge is 0.311 e. The lowest BCUT2D eigenvalue weighted by Crippen LogP contribution is -2.23. The van der Waals surface area contributed by atoms with Crippen LogP contribution in [0.4, 0.5) is 11.5 Å². The number of ether oxygens (including phenoxy) is 2. The van der Waals surface area contributed by atoms with E-state index in [1.807, 2.05) is 0 Å². The van der Waals surface area contributed by atoms with Crippen molar-refractivity contribution in [3.63, 3.8) is 0 Å². The van der Waals surface area contributed by atoms with Gasteiger partial charge in [0.25, 0.3) is 0 Å². The summed E-state index contributed by atoms with van der Waals surface area (Å²) < 4.78 is 10.3. The van der Waals surface area contributed by atoms with Crippen molar-refractivity contribution in [2.45, 2.75) is 12.8 Å². The van der Waals surface area contributed by atoms with Gasteiger partial charge in [-0.1, -0.05) is 0 Å². The van der Waals surface area contributed by atoms with Gasteiger partial charge < -0.3 is 14.8 Å². The molecule has 0 aromatic carbocycles. The lowest BCUT2D eigenvalue weighted by atomic mass is 10.0. The molecule has 7 heteroatoms. The van der Waals surface area contributed by atoms with Crippen LogP contribution in [-0.4, -0.2) is 36.8 Å². The monoisotopic (exact) mass is 267 g/mol. The van der Waals surface area contributed by atoms with Gasteiger partial charge in [0.05, 0.1) is 12.0 Å². The van der Waals surface area contributed by atoms with E-state index < -0.39 is 4.92 Å². The van der Waals surface area contributed by atoms with Crippen LogP contribution in [0.25, 0.3) is 0 Å². The fourth-order valence-electron chi connectivity index (χ4n) is 2.02. The maximum atomic E-state index is 10.9. The number of nitrogens with zero attached hydrogens (tertiary/aromatic N) is 2. The van der Waals surface area contributed by atoms with Gasteiger partial charge in [-0.05, 0) is 18.8 Å². The minimum Gasteiger partial charge on any atom is -0.481 e. The summed E-state index contributed by atoms with van der Waals surface area (Å²) in [6.07, 6.45) is 1.93. The second kappa shape index (κ2) is 6.33. The van der Waals surface area contributed by atoms with E-state index in [1.165, 1.54) is 19.2 Å². The number of anilines is 1. The van der Waals surface area contributed by atoms with Gasteiger partial charge in [0.1, 0.15) is 0 Å². The molecule has 0 amide bonds. The summed E-state index contributed by atoms with van der Waals surface area (Å²) in [5.74, 6) is 1.08. The number of methoxy groups -OCH3 is 1. The van der Waals surface area contributed by atoms with Crippen LogP contribution in [0.1, 0.15) is 12.8 Å². The summed E-state index contributed by atoms with van der Waals surface area (Å²) in [5, 5.41) is 14.0. The predicted octanol–water partition coefficient (Wildman–Crippen LogP) is 1.84. The Bertz CT molecular complexity index is 447. The van der Waals surface area contributed by atoms with Gasteiger partial charge in [0, 0.05) is 31.9 Å². The third kappa shape index (κ3) is 3.54. The number of hydrogen-bond acceptors (Lipinski definition) is 6. The van der Waals surface area contributed by atoms with E-state index >= 15 is 0 Å². The molecule has 1 aliphatic heterocycles. The average Bonchev–Trinajstić information content (AvgIpc) is 2.45. The van der Waals surface area contributed by atoms with Crippen molar-refractivity contribution in [1.82, 2.24) is 4.98 Å².